The van der Waals surface area contributed by atoms with Gasteiger partial charge in [-0.05, 0) is 31.0 Å². The van der Waals surface area contributed by atoms with E-state index < -0.39 is 6.10 Å². The molecule has 0 amide bonds. The largest absolute Gasteiger partial charge is 0.493 e. The zero-order valence-electron chi connectivity index (χ0n) is 14.3. The molecule has 4 nitrogen and oxygen atoms in total. The molecule has 1 atom stereocenters. The molecule has 0 saturated carbocycles. The fourth-order valence-corrected chi connectivity index (χ4v) is 2.47. The molecule has 0 radical (unpaired) electrons. The summed E-state index contributed by atoms with van der Waals surface area (Å²) in [6, 6.07) is 11.8. The van der Waals surface area contributed by atoms with E-state index in [1.165, 1.54) is 5.56 Å². The van der Waals surface area contributed by atoms with Gasteiger partial charge in [0.25, 0.3) is 0 Å². The van der Waals surface area contributed by atoms with Crippen molar-refractivity contribution >= 4 is 11.6 Å². The van der Waals surface area contributed by atoms with E-state index in [9.17, 15) is 5.11 Å². The van der Waals surface area contributed by atoms with E-state index in [1.807, 2.05) is 18.2 Å². The fourth-order valence-electron chi connectivity index (χ4n) is 2.25. The van der Waals surface area contributed by atoms with Gasteiger partial charge in [0.1, 0.15) is 6.61 Å². The quantitative estimate of drug-likeness (QED) is 0.763. The second-order valence-corrected chi connectivity index (χ2v) is 6.26. The van der Waals surface area contributed by atoms with Crippen molar-refractivity contribution in [1.82, 2.24) is 5.32 Å². The minimum atomic E-state index is -0.400. The van der Waals surface area contributed by atoms with Crippen LogP contribution in [0.2, 0.25) is 5.02 Å². The molecular weight excluding hydrogens is 326 g/mol. The molecule has 0 spiro atoms. The lowest BCUT2D eigenvalue weighted by molar-refractivity contribution is 0.191. The molecule has 0 heterocycles. The van der Waals surface area contributed by atoms with Crippen molar-refractivity contribution in [3.63, 3.8) is 0 Å². The fraction of sp³-hybridized carbons (Fsp3) is 0.368. The van der Waals surface area contributed by atoms with Crippen molar-refractivity contribution in [3.8, 4) is 11.5 Å². The van der Waals surface area contributed by atoms with Crippen LogP contribution in [-0.4, -0.2) is 24.9 Å². The highest BCUT2D eigenvalue weighted by atomic mass is 35.5. The van der Waals surface area contributed by atoms with Crippen molar-refractivity contribution in [1.29, 1.82) is 0 Å². The van der Waals surface area contributed by atoms with E-state index in [0.717, 1.165) is 11.1 Å². The van der Waals surface area contributed by atoms with Crippen molar-refractivity contribution in [2.75, 3.05) is 13.7 Å². The highest BCUT2D eigenvalue weighted by Crippen LogP contribution is 2.34. The molecule has 0 aliphatic carbocycles. The number of benzene rings is 2. The molecule has 2 rings (SSSR count). The maximum Gasteiger partial charge on any atom is 0.163 e. The number of aryl methyl sites for hydroxylation is 1. The van der Waals surface area contributed by atoms with Gasteiger partial charge in [-0.25, -0.2) is 0 Å². The number of rotatable bonds is 8. The highest BCUT2D eigenvalue weighted by Gasteiger charge is 2.11. The van der Waals surface area contributed by atoms with Gasteiger partial charge >= 0.3 is 0 Å². The normalized spacial score (nSPS) is 12.0. The first-order chi connectivity index (χ1) is 11.5. The number of hydrogen-bond donors (Lipinski definition) is 2. The maximum atomic E-state index is 9.30. The monoisotopic (exact) mass is 349 g/mol. The van der Waals surface area contributed by atoms with Crippen molar-refractivity contribution < 1.29 is 14.6 Å². The molecule has 0 saturated heterocycles. The van der Waals surface area contributed by atoms with Gasteiger partial charge in [0, 0.05) is 24.2 Å². The number of nitrogens with one attached hydrogen (secondary N) is 1. The minimum absolute atomic E-state index is 0.400. The third-order valence-corrected chi connectivity index (χ3v) is 3.95. The predicted octanol–water partition coefficient (Wildman–Crippen LogP) is 3.71. The SMILES string of the molecule is COc1cc(CNCC(C)O)c(Cl)cc1OCc1ccc(C)cc1. The first-order valence-corrected chi connectivity index (χ1v) is 8.31. The first-order valence-electron chi connectivity index (χ1n) is 7.93. The molecule has 0 fully saturated rings. The van der Waals surface area contributed by atoms with Crippen LogP contribution in [0.4, 0.5) is 0 Å². The molecule has 2 aromatic rings. The van der Waals surface area contributed by atoms with E-state index in [-0.39, 0.29) is 0 Å². The van der Waals surface area contributed by atoms with Gasteiger partial charge in [0.05, 0.1) is 13.2 Å². The number of methoxy groups -OCH3 is 1. The first kappa shape index (κ1) is 18.6. The van der Waals surface area contributed by atoms with Gasteiger partial charge in [-0.1, -0.05) is 41.4 Å². The summed E-state index contributed by atoms with van der Waals surface area (Å²) in [6.45, 7) is 5.30. The zero-order chi connectivity index (χ0) is 17.5. The van der Waals surface area contributed by atoms with Gasteiger partial charge in [-0.2, -0.15) is 0 Å². The summed E-state index contributed by atoms with van der Waals surface area (Å²) in [4.78, 5) is 0. The third-order valence-electron chi connectivity index (χ3n) is 3.60. The number of aliphatic hydroxyl groups excluding tert-OH is 1. The topological polar surface area (TPSA) is 50.7 Å². The standard InChI is InChI=1S/C19H24ClNO3/c1-13-4-6-15(7-5-13)12-24-19-9-17(20)16(8-18(19)23-3)11-21-10-14(2)22/h4-9,14,21-22H,10-12H2,1-3H3. The number of hydrogen-bond acceptors (Lipinski definition) is 4. The molecule has 0 aromatic heterocycles. The summed E-state index contributed by atoms with van der Waals surface area (Å²) < 4.78 is 11.3. The van der Waals surface area contributed by atoms with Gasteiger partial charge in [0.15, 0.2) is 11.5 Å². The maximum absolute atomic E-state index is 9.30. The van der Waals surface area contributed by atoms with E-state index in [2.05, 4.69) is 24.4 Å². The van der Waals surface area contributed by atoms with Crippen LogP contribution >= 0.6 is 11.6 Å². The Balaban J connectivity index is 2.06. The molecule has 130 valence electrons. The van der Waals surface area contributed by atoms with Gasteiger partial charge in [-0.15, -0.1) is 0 Å². The van der Waals surface area contributed by atoms with Crippen LogP contribution in [0.1, 0.15) is 23.6 Å². The lowest BCUT2D eigenvalue weighted by Gasteiger charge is -2.15. The number of halogens is 1. The lowest BCUT2D eigenvalue weighted by atomic mass is 10.1. The van der Waals surface area contributed by atoms with Gasteiger partial charge < -0.3 is 19.9 Å². The molecule has 2 aromatic carbocycles. The highest BCUT2D eigenvalue weighted by molar-refractivity contribution is 6.31. The molecule has 0 bridgehead atoms. The van der Waals surface area contributed by atoms with E-state index in [0.29, 0.717) is 36.2 Å². The molecule has 5 heteroatoms. The molecule has 0 aliphatic rings. The minimum Gasteiger partial charge on any atom is -0.493 e. The Morgan fingerprint density at radius 3 is 2.50 bits per heavy atom. The second kappa shape index (κ2) is 8.92. The summed E-state index contributed by atoms with van der Waals surface area (Å²) in [5.74, 6) is 1.25. The van der Waals surface area contributed by atoms with Crippen LogP contribution in [0.25, 0.3) is 0 Å². The second-order valence-electron chi connectivity index (χ2n) is 5.85. The summed E-state index contributed by atoms with van der Waals surface area (Å²) in [7, 11) is 1.61. The van der Waals surface area contributed by atoms with Crippen LogP contribution < -0.4 is 14.8 Å². The van der Waals surface area contributed by atoms with Crippen LogP contribution in [0.15, 0.2) is 36.4 Å². The van der Waals surface area contributed by atoms with Crippen LogP contribution in [-0.2, 0) is 13.2 Å². The Bertz CT molecular complexity index is 656. The molecule has 1 unspecified atom stereocenters. The van der Waals surface area contributed by atoms with E-state index in [1.54, 1.807) is 20.1 Å². The predicted molar refractivity (Wildman–Crippen MR) is 96.9 cm³/mol. The van der Waals surface area contributed by atoms with Crippen LogP contribution in [0.5, 0.6) is 11.5 Å². The summed E-state index contributed by atoms with van der Waals surface area (Å²) in [5, 5.41) is 13.0. The Labute approximate surface area is 148 Å². The van der Waals surface area contributed by atoms with E-state index in [4.69, 9.17) is 21.1 Å². The Morgan fingerprint density at radius 1 is 1.17 bits per heavy atom. The Kier molecular flexibility index (Phi) is 6.91. The van der Waals surface area contributed by atoms with Gasteiger partial charge in [-0.3, -0.25) is 0 Å². The van der Waals surface area contributed by atoms with Crippen LogP contribution in [0, 0.1) is 6.92 Å². The zero-order valence-corrected chi connectivity index (χ0v) is 15.1. The van der Waals surface area contributed by atoms with Crippen molar-refractivity contribution in [2.45, 2.75) is 33.1 Å². The Hall–Kier alpha value is -1.75. The average molecular weight is 350 g/mol. The summed E-state index contributed by atoms with van der Waals surface area (Å²) in [6.07, 6.45) is -0.400. The Morgan fingerprint density at radius 2 is 1.88 bits per heavy atom. The summed E-state index contributed by atoms with van der Waals surface area (Å²) >= 11 is 6.34. The van der Waals surface area contributed by atoms with Crippen molar-refractivity contribution in [3.05, 3.63) is 58.1 Å². The third kappa shape index (κ3) is 5.41. The molecule has 0 aliphatic heterocycles. The molecule has 2 N–H and O–H groups in total. The van der Waals surface area contributed by atoms with Crippen LogP contribution in [0.3, 0.4) is 0 Å². The summed E-state index contributed by atoms with van der Waals surface area (Å²) in [5.41, 5.74) is 3.20. The van der Waals surface area contributed by atoms with Crippen molar-refractivity contribution in [2.24, 2.45) is 0 Å². The smallest absolute Gasteiger partial charge is 0.163 e. The lowest BCUT2D eigenvalue weighted by Crippen LogP contribution is -2.24. The molecule has 24 heavy (non-hydrogen) atoms. The number of ether oxygens (including phenoxy) is 2. The number of aliphatic hydroxyl groups is 1. The van der Waals surface area contributed by atoms with E-state index >= 15 is 0 Å². The molecular formula is C19H24ClNO3. The van der Waals surface area contributed by atoms with Gasteiger partial charge in [0.2, 0.25) is 0 Å². The average Bonchev–Trinajstić information content (AvgIpc) is 2.55.